The van der Waals surface area contributed by atoms with Gasteiger partial charge in [-0.05, 0) is 53.3 Å². The summed E-state index contributed by atoms with van der Waals surface area (Å²) in [5.41, 5.74) is 1.46. The van der Waals surface area contributed by atoms with Crippen molar-refractivity contribution in [3.8, 4) is 0 Å². The van der Waals surface area contributed by atoms with Gasteiger partial charge in [0.15, 0.2) is 0 Å². The zero-order valence-corrected chi connectivity index (χ0v) is 14.2. The largest absolute Gasteiger partial charge is 0.343 e. The number of hydrogen-bond acceptors (Lipinski definition) is 3. The molecule has 0 radical (unpaired) electrons. The molecule has 1 fully saturated rings. The lowest BCUT2D eigenvalue weighted by Crippen LogP contribution is -2.38. The lowest BCUT2D eigenvalue weighted by Gasteiger charge is -2.32. The molecule has 0 spiro atoms. The molecule has 0 atom stereocenters. The third-order valence-electron chi connectivity index (χ3n) is 4.19. The van der Waals surface area contributed by atoms with Crippen LogP contribution in [0.5, 0.6) is 0 Å². The number of rotatable bonds is 5. The number of thiophene rings is 1. The fourth-order valence-electron chi connectivity index (χ4n) is 2.90. The fourth-order valence-corrected chi connectivity index (χ4v) is 4.50. The molecule has 2 aromatic rings. The number of piperidine rings is 1. The van der Waals surface area contributed by atoms with E-state index in [1.54, 1.807) is 23.1 Å². The van der Waals surface area contributed by atoms with Crippen LogP contribution >= 0.6 is 23.1 Å². The number of likely N-dealkylation sites (tertiary alicyclic amines) is 1. The van der Waals surface area contributed by atoms with Gasteiger partial charge in [-0.25, -0.2) is 0 Å². The molecule has 116 valence electrons. The van der Waals surface area contributed by atoms with Crippen molar-refractivity contribution in [3.05, 3.63) is 52.7 Å². The number of nitrogens with zero attached hydrogens (tertiary/aromatic N) is 1. The predicted molar refractivity (Wildman–Crippen MR) is 94.7 cm³/mol. The van der Waals surface area contributed by atoms with E-state index >= 15 is 0 Å². The van der Waals surface area contributed by atoms with E-state index < -0.39 is 0 Å². The van der Waals surface area contributed by atoms with Crippen LogP contribution in [0.4, 0.5) is 0 Å². The molecular weight excluding hydrogens is 310 g/mol. The SMILES string of the molecule is O=C(CCSc1ccccc1)N1CCC(c2ccsc2)CC1. The Balaban J connectivity index is 1.40. The Hall–Kier alpha value is -1.26. The van der Waals surface area contributed by atoms with Crippen LogP contribution in [0.1, 0.15) is 30.7 Å². The quantitative estimate of drug-likeness (QED) is 0.744. The molecule has 22 heavy (non-hydrogen) atoms. The number of amides is 1. The van der Waals surface area contributed by atoms with Gasteiger partial charge in [0.25, 0.3) is 0 Å². The second kappa shape index (κ2) is 7.84. The summed E-state index contributed by atoms with van der Waals surface area (Å²) >= 11 is 3.53. The van der Waals surface area contributed by atoms with Crippen LogP contribution in [0.25, 0.3) is 0 Å². The van der Waals surface area contributed by atoms with Crippen LogP contribution in [-0.2, 0) is 4.79 Å². The molecule has 0 aliphatic carbocycles. The Morgan fingerprint density at radius 3 is 2.64 bits per heavy atom. The van der Waals surface area contributed by atoms with Gasteiger partial charge < -0.3 is 4.90 Å². The lowest BCUT2D eigenvalue weighted by molar-refractivity contribution is -0.131. The van der Waals surface area contributed by atoms with Crippen molar-refractivity contribution in [2.75, 3.05) is 18.8 Å². The first-order valence-electron chi connectivity index (χ1n) is 7.80. The number of hydrogen-bond donors (Lipinski definition) is 0. The molecule has 0 bridgehead atoms. The maximum absolute atomic E-state index is 12.3. The monoisotopic (exact) mass is 331 g/mol. The second-order valence-corrected chi connectivity index (χ2v) is 7.57. The van der Waals surface area contributed by atoms with Crippen LogP contribution in [0.2, 0.25) is 0 Å². The third kappa shape index (κ3) is 4.14. The Morgan fingerprint density at radius 2 is 1.95 bits per heavy atom. The summed E-state index contributed by atoms with van der Waals surface area (Å²) in [7, 11) is 0. The van der Waals surface area contributed by atoms with E-state index in [1.165, 1.54) is 10.5 Å². The molecule has 0 saturated carbocycles. The lowest BCUT2D eigenvalue weighted by atomic mass is 9.91. The summed E-state index contributed by atoms with van der Waals surface area (Å²) in [6, 6.07) is 12.5. The van der Waals surface area contributed by atoms with Crippen LogP contribution in [0, 0.1) is 0 Å². The van der Waals surface area contributed by atoms with E-state index in [2.05, 4.69) is 33.9 Å². The first-order valence-corrected chi connectivity index (χ1v) is 9.73. The number of carbonyl (C=O) groups is 1. The normalized spacial score (nSPS) is 15.9. The maximum Gasteiger partial charge on any atom is 0.223 e. The molecule has 1 aromatic heterocycles. The Morgan fingerprint density at radius 1 is 1.18 bits per heavy atom. The molecule has 3 rings (SSSR count). The van der Waals surface area contributed by atoms with Crippen molar-refractivity contribution in [1.29, 1.82) is 0 Å². The highest BCUT2D eigenvalue weighted by Gasteiger charge is 2.23. The molecule has 0 N–H and O–H groups in total. The van der Waals surface area contributed by atoms with Crippen molar-refractivity contribution in [2.24, 2.45) is 0 Å². The molecule has 4 heteroatoms. The van der Waals surface area contributed by atoms with Crippen LogP contribution in [0.15, 0.2) is 52.1 Å². The summed E-state index contributed by atoms with van der Waals surface area (Å²) in [4.78, 5) is 15.6. The molecule has 2 nitrogen and oxygen atoms in total. The summed E-state index contributed by atoms with van der Waals surface area (Å²) in [6.45, 7) is 1.82. The van der Waals surface area contributed by atoms with Crippen LogP contribution in [-0.4, -0.2) is 29.6 Å². The first-order chi connectivity index (χ1) is 10.8. The van der Waals surface area contributed by atoms with E-state index in [1.807, 2.05) is 18.2 Å². The van der Waals surface area contributed by atoms with Gasteiger partial charge in [0.05, 0.1) is 0 Å². The van der Waals surface area contributed by atoms with Gasteiger partial charge in [0, 0.05) is 30.2 Å². The maximum atomic E-state index is 12.3. The number of carbonyl (C=O) groups excluding carboxylic acids is 1. The van der Waals surface area contributed by atoms with E-state index in [0.717, 1.165) is 31.7 Å². The smallest absolute Gasteiger partial charge is 0.223 e. The first kappa shape index (κ1) is 15.6. The molecule has 1 aliphatic rings. The van der Waals surface area contributed by atoms with Crippen molar-refractivity contribution in [1.82, 2.24) is 4.90 Å². The topological polar surface area (TPSA) is 20.3 Å². The number of benzene rings is 1. The van der Waals surface area contributed by atoms with Crippen molar-refractivity contribution < 1.29 is 4.79 Å². The van der Waals surface area contributed by atoms with E-state index in [-0.39, 0.29) is 0 Å². The van der Waals surface area contributed by atoms with Gasteiger partial charge in [0.1, 0.15) is 0 Å². The van der Waals surface area contributed by atoms with E-state index in [9.17, 15) is 4.79 Å². The van der Waals surface area contributed by atoms with Crippen molar-refractivity contribution >= 4 is 29.0 Å². The Kier molecular flexibility index (Phi) is 5.57. The molecule has 1 aromatic carbocycles. The zero-order valence-electron chi connectivity index (χ0n) is 12.6. The van der Waals surface area contributed by atoms with Gasteiger partial charge in [-0.1, -0.05) is 18.2 Å². The summed E-state index contributed by atoms with van der Waals surface area (Å²) < 4.78 is 0. The van der Waals surface area contributed by atoms with Crippen LogP contribution in [0.3, 0.4) is 0 Å². The van der Waals surface area contributed by atoms with Crippen molar-refractivity contribution in [3.63, 3.8) is 0 Å². The fraction of sp³-hybridized carbons (Fsp3) is 0.389. The average molecular weight is 332 g/mol. The molecule has 0 unspecified atom stereocenters. The van der Waals surface area contributed by atoms with E-state index in [0.29, 0.717) is 18.2 Å². The minimum Gasteiger partial charge on any atom is -0.343 e. The molecule has 1 aliphatic heterocycles. The van der Waals surface area contributed by atoms with Gasteiger partial charge in [0.2, 0.25) is 5.91 Å². The predicted octanol–water partition coefficient (Wildman–Crippen LogP) is 4.64. The second-order valence-electron chi connectivity index (χ2n) is 5.62. The molecular formula is C18H21NOS2. The Labute approximate surface area is 140 Å². The molecule has 1 saturated heterocycles. The van der Waals surface area contributed by atoms with Gasteiger partial charge in [-0.15, -0.1) is 11.8 Å². The van der Waals surface area contributed by atoms with Gasteiger partial charge in [-0.3, -0.25) is 4.79 Å². The summed E-state index contributed by atoms with van der Waals surface area (Å²) in [5, 5.41) is 4.40. The highest BCUT2D eigenvalue weighted by Crippen LogP contribution is 2.29. The highest BCUT2D eigenvalue weighted by molar-refractivity contribution is 7.99. The van der Waals surface area contributed by atoms with Gasteiger partial charge >= 0.3 is 0 Å². The highest BCUT2D eigenvalue weighted by atomic mass is 32.2. The molecule has 1 amide bonds. The van der Waals surface area contributed by atoms with Gasteiger partial charge in [-0.2, -0.15) is 11.3 Å². The average Bonchev–Trinajstić information content (AvgIpc) is 3.10. The van der Waals surface area contributed by atoms with Crippen LogP contribution < -0.4 is 0 Å². The minimum absolute atomic E-state index is 0.312. The summed E-state index contributed by atoms with van der Waals surface area (Å²) in [5.74, 6) is 1.83. The minimum atomic E-state index is 0.312. The summed E-state index contributed by atoms with van der Waals surface area (Å²) in [6.07, 6.45) is 2.85. The molecule has 2 heterocycles. The third-order valence-corrected chi connectivity index (χ3v) is 5.91. The standard InChI is InChI=1S/C18H21NOS2/c20-18(9-13-22-17-4-2-1-3-5-17)19-10-6-15(7-11-19)16-8-12-21-14-16/h1-5,8,12,14-15H,6-7,9-11,13H2. The Bertz CT molecular complexity index is 574. The zero-order chi connectivity index (χ0) is 15.2. The van der Waals surface area contributed by atoms with E-state index in [4.69, 9.17) is 0 Å². The van der Waals surface area contributed by atoms with Crippen molar-refractivity contribution in [2.45, 2.75) is 30.1 Å². The number of thioether (sulfide) groups is 1.